The van der Waals surface area contributed by atoms with Gasteiger partial charge in [0.25, 0.3) is 11.1 Å². The smallest absolute Gasteiger partial charge is 0.293 e. The van der Waals surface area contributed by atoms with Gasteiger partial charge < -0.3 is 5.11 Å². The van der Waals surface area contributed by atoms with Gasteiger partial charge in [-0.05, 0) is 41.6 Å². The Morgan fingerprint density at radius 3 is 2.65 bits per heavy atom. The molecule has 0 spiro atoms. The Balaban J connectivity index is 1.84. The molecule has 1 heterocycles. The number of aromatic hydroxyl groups is 1. The van der Waals surface area contributed by atoms with Crippen LogP contribution in [-0.2, 0) is 11.3 Å². The third-order valence-electron chi connectivity index (χ3n) is 3.33. The topological polar surface area (TPSA) is 57.6 Å². The summed E-state index contributed by atoms with van der Waals surface area (Å²) in [5, 5.41) is 9.00. The lowest BCUT2D eigenvalue weighted by Gasteiger charge is -2.12. The number of carbonyl (C=O) groups is 2. The molecule has 0 aromatic heterocycles. The van der Waals surface area contributed by atoms with Crippen LogP contribution in [0.3, 0.4) is 0 Å². The van der Waals surface area contributed by atoms with Gasteiger partial charge in [-0.1, -0.05) is 30.3 Å². The number of carbonyl (C=O) groups excluding carboxylic acids is 2. The first-order chi connectivity index (χ1) is 11.0. The summed E-state index contributed by atoms with van der Waals surface area (Å²) >= 11 is 0.802. The van der Waals surface area contributed by atoms with Crippen LogP contribution in [0.5, 0.6) is 5.75 Å². The van der Waals surface area contributed by atoms with Crippen molar-refractivity contribution in [3.05, 3.63) is 70.4 Å². The maximum absolute atomic E-state index is 13.7. The highest BCUT2D eigenvalue weighted by atomic mass is 32.2. The molecule has 1 aliphatic rings. The molecular weight excluding hydrogens is 317 g/mol. The fourth-order valence-corrected chi connectivity index (χ4v) is 3.04. The van der Waals surface area contributed by atoms with Crippen LogP contribution < -0.4 is 0 Å². The van der Waals surface area contributed by atoms with E-state index in [0.717, 1.165) is 16.7 Å². The summed E-state index contributed by atoms with van der Waals surface area (Å²) in [7, 11) is 0. The largest absolute Gasteiger partial charge is 0.508 e. The average Bonchev–Trinajstić information content (AvgIpc) is 2.77. The molecule has 0 saturated carbocycles. The summed E-state index contributed by atoms with van der Waals surface area (Å²) in [6, 6.07) is 12.4. The molecule has 1 saturated heterocycles. The minimum atomic E-state index is -0.466. The molecule has 6 heteroatoms. The Hall–Kier alpha value is -2.60. The summed E-state index contributed by atoms with van der Waals surface area (Å²) in [6.45, 7) is -0.102. The minimum absolute atomic E-state index is 0.0735. The summed E-state index contributed by atoms with van der Waals surface area (Å²) in [6.07, 6.45) is 1.53. The predicted molar refractivity (Wildman–Crippen MR) is 86.0 cm³/mol. The Morgan fingerprint density at radius 1 is 1.13 bits per heavy atom. The monoisotopic (exact) mass is 329 g/mol. The van der Waals surface area contributed by atoms with Crippen molar-refractivity contribution < 1.29 is 19.1 Å². The lowest BCUT2D eigenvalue weighted by molar-refractivity contribution is -0.123. The van der Waals surface area contributed by atoms with E-state index in [1.807, 2.05) is 0 Å². The number of halogens is 1. The molecule has 1 fully saturated rings. The standard InChI is InChI=1S/C17H12FNO3S/c18-14-7-2-1-5-12(14)10-19-16(21)15(23-17(19)22)9-11-4-3-6-13(20)8-11/h1-9,20H,10H2/b15-9-. The molecule has 116 valence electrons. The van der Waals surface area contributed by atoms with Crippen molar-refractivity contribution in [1.29, 1.82) is 0 Å². The van der Waals surface area contributed by atoms with Gasteiger partial charge in [0.2, 0.25) is 0 Å². The molecule has 0 radical (unpaired) electrons. The highest BCUT2D eigenvalue weighted by Gasteiger charge is 2.35. The summed E-state index contributed by atoms with van der Waals surface area (Å²) in [4.78, 5) is 25.6. The molecule has 2 amide bonds. The van der Waals surface area contributed by atoms with Gasteiger partial charge in [0.15, 0.2) is 0 Å². The van der Waals surface area contributed by atoms with Gasteiger partial charge in [-0.2, -0.15) is 0 Å². The van der Waals surface area contributed by atoms with Crippen LogP contribution in [0.2, 0.25) is 0 Å². The van der Waals surface area contributed by atoms with E-state index in [4.69, 9.17) is 0 Å². The Kier molecular flexibility index (Phi) is 4.16. The van der Waals surface area contributed by atoms with E-state index in [-0.39, 0.29) is 22.8 Å². The number of thioether (sulfide) groups is 1. The molecule has 0 aliphatic carbocycles. The van der Waals surface area contributed by atoms with Gasteiger partial charge in [0, 0.05) is 5.56 Å². The molecule has 3 rings (SSSR count). The zero-order valence-electron chi connectivity index (χ0n) is 11.9. The number of phenols is 1. The van der Waals surface area contributed by atoms with Crippen LogP contribution in [0, 0.1) is 5.82 Å². The molecule has 0 atom stereocenters. The third kappa shape index (κ3) is 3.27. The van der Waals surface area contributed by atoms with E-state index in [9.17, 15) is 19.1 Å². The van der Waals surface area contributed by atoms with Gasteiger partial charge in [0.05, 0.1) is 11.4 Å². The number of amides is 2. The van der Waals surface area contributed by atoms with Crippen LogP contribution in [0.25, 0.3) is 6.08 Å². The van der Waals surface area contributed by atoms with Crippen molar-refractivity contribution in [3.63, 3.8) is 0 Å². The molecule has 0 bridgehead atoms. The summed E-state index contributed by atoms with van der Waals surface area (Å²) in [5.41, 5.74) is 0.898. The maximum atomic E-state index is 13.7. The van der Waals surface area contributed by atoms with Gasteiger partial charge in [-0.15, -0.1) is 0 Å². The number of phenolic OH excluding ortho intramolecular Hbond substituents is 1. The van der Waals surface area contributed by atoms with E-state index in [1.165, 1.54) is 30.3 Å². The lowest BCUT2D eigenvalue weighted by Crippen LogP contribution is -2.27. The molecule has 2 aromatic rings. The Bertz CT molecular complexity index is 819. The zero-order valence-corrected chi connectivity index (χ0v) is 12.7. The highest BCUT2D eigenvalue weighted by molar-refractivity contribution is 8.18. The third-order valence-corrected chi connectivity index (χ3v) is 4.24. The summed E-state index contributed by atoms with van der Waals surface area (Å²) < 4.78 is 13.7. The van der Waals surface area contributed by atoms with Crippen LogP contribution in [0.4, 0.5) is 9.18 Å². The molecule has 4 nitrogen and oxygen atoms in total. The predicted octanol–water partition coefficient (Wildman–Crippen LogP) is 3.77. The van der Waals surface area contributed by atoms with Crippen LogP contribution in [-0.4, -0.2) is 21.2 Å². The molecule has 1 N–H and O–H groups in total. The normalized spacial score (nSPS) is 16.4. The maximum Gasteiger partial charge on any atom is 0.293 e. The first-order valence-electron chi connectivity index (χ1n) is 6.82. The fourth-order valence-electron chi connectivity index (χ4n) is 2.20. The number of rotatable bonds is 3. The quantitative estimate of drug-likeness (QED) is 0.871. The minimum Gasteiger partial charge on any atom is -0.508 e. The van der Waals surface area contributed by atoms with Crippen molar-refractivity contribution in [2.75, 3.05) is 0 Å². The van der Waals surface area contributed by atoms with E-state index in [0.29, 0.717) is 5.56 Å². The van der Waals surface area contributed by atoms with Gasteiger partial charge >= 0.3 is 0 Å². The van der Waals surface area contributed by atoms with E-state index >= 15 is 0 Å². The lowest BCUT2D eigenvalue weighted by atomic mass is 10.2. The van der Waals surface area contributed by atoms with Crippen LogP contribution in [0.1, 0.15) is 11.1 Å². The van der Waals surface area contributed by atoms with Crippen molar-refractivity contribution in [2.45, 2.75) is 6.54 Å². The van der Waals surface area contributed by atoms with Gasteiger partial charge in [0.1, 0.15) is 11.6 Å². The highest BCUT2D eigenvalue weighted by Crippen LogP contribution is 2.33. The number of benzene rings is 2. The molecular formula is C17H12FNO3S. The van der Waals surface area contributed by atoms with Crippen molar-refractivity contribution in [2.24, 2.45) is 0 Å². The molecule has 2 aromatic carbocycles. The second-order valence-corrected chi connectivity index (χ2v) is 5.95. The van der Waals surface area contributed by atoms with Crippen molar-refractivity contribution >= 4 is 29.0 Å². The number of imide groups is 1. The first kappa shape index (κ1) is 15.3. The van der Waals surface area contributed by atoms with Gasteiger partial charge in [-0.25, -0.2) is 4.39 Å². The Labute approximate surface area is 136 Å². The second-order valence-electron chi connectivity index (χ2n) is 4.95. The average molecular weight is 329 g/mol. The van der Waals surface area contributed by atoms with E-state index in [1.54, 1.807) is 24.3 Å². The molecule has 0 unspecified atom stereocenters. The van der Waals surface area contributed by atoms with E-state index < -0.39 is 17.0 Å². The number of nitrogens with zero attached hydrogens (tertiary/aromatic N) is 1. The molecule has 23 heavy (non-hydrogen) atoms. The molecule has 1 aliphatic heterocycles. The second kappa shape index (κ2) is 6.26. The van der Waals surface area contributed by atoms with Crippen molar-refractivity contribution in [3.8, 4) is 5.75 Å². The summed E-state index contributed by atoms with van der Waals surface area (Å²) in [5.74, 6) is -0.848. The van der Waals surface area contributed by atoms with Crippen molar-refractivity contribution in [1.82, 2.24) is 4.90 Å². The van der Waals surface area contributed by atoms with E-state index in [2.05, 4.69) is 0 Å². The SMILES string of the molecule is O=C1S/C(=C\c2cccc(O)c2)C(=O)N1Cc1ccccc1F. The first-order valence-corrected chi connectivity index (χ1v) is 7.64. The van der Waals surface area contributed by atoms with Crippen LogP contribution >= 0.6 is 11.8 Å². The van der Waals surface area contributed by atoms with Crippen LogP contribution in [0.15, 0.2) is 53.4 Å². The van der Waals surface area contributed by atoms with Gasteiger partial charge in [-0.3, -0.25) is 14.5 Å². The Morgan fingerprint density at radius 2 is 1.91 bits per heavy atom. The number of hydrogen-bond donors (Lipinski definition) is 1. The zero-order chi connectivity index (χ0) is 16.4. The fraction of sp³-hybridized carbons (Fsp3) is 0.0588. The number of hydrogen-bond acceptors (Lipinski definition) is 4.